The molecule has 0 radical (unpaired) electrons. The fourth-order valence-electron chi connectivity index (χ4n) is 6.85. The molecule has 2 saturated carbocycles. The molecule has 7 heteroatoms. The van der Waals surface area contributed by atoms with Crippen molar-refractivity contribution in [1.82, 2.24) is 20.0 Å². The standard InChI is InChI=1S/C24H40N4O3/c1-2-31-23(30)27-14-10-24(17-27)15-20(16-24)26-12-8-18(9-13-26)21-7-4-11-28(21)22(29)25-19-5-3-6-19/h18-21H,2-17H2,1H3,(H,25,29)/t20?,21-,24?/m0/s1. The molecule has 5 fully saturated rings. The summed E-state index contributed by atoms with van der Waals surface area (Å²) in [5, 5.41) is 3.26. The first kappa shape index (κ1) is 21.4. The molecule has 0 aromatic carbocycles. The highest BCUT2D eigenvalue weighted by Crippen LogP contribution is 2.51. The number of piperidine rings is 1. The topological polar surface area (TPSA) is 65.1 Å². The van der Waals surface area contributed by atoms with E-state index in [1.807, 2.05) is 11.8 Å². The van der Waals surface area contributed by atoms with Crippen LogP contribution in [0.25, 0.3) is 0 Å². The van der Waals surface area contributed by atoms with E-state index in [9.17, 15) is 9.59 Å². The Balaban J connectivity index is 1.07. The molecule has 2 aliphatic carbocycles. The highest BCUT2D eigenvalue weighted by Gasteiger charge is 2.51. The van der Waals surface area contributed by atoms with Crippen LogP contribution in [0.3, 0.4) is 0 Å². The van der Waals surface area contributed by atoms with Gasteiger partial charge in [-0.1, -0.05) is 0 Å². The Morgan fingerprint density at radius 3 is 2.45 bits per heavy atom. The molecule has 1 spiro atoms. The molecule has 3 amide bonds. The van der Waals surface area contributed by atoms with Crippen molar-refractivity contribution in [2.45, 2.75) is 89.3 Å². The van der Waals surface area contributed by atoms with Gasteiger partial charge in [0.15, 0.2) is 0 Å². The third-order valence-electron chi connectivity index (χ3n) is 8.93. The van der Waals surface area contributed by atoms with E-state index in [4.69, 9.17) is 4.74 Å². The molecule has 3 heterocycles. The Labute approximate surface area is 186 Å². The number of amides is 3. The van der Waals surface area contributed by atoms with Crippen LogP contribution in [0.1, 0.15) is 71.1 Å². The number of ether oxygens (including phenoxy) is 1. The van der Waals surface area contributed by atoms with Crippen LogP contribution >= 0.6 is 0 Å². The first-order valence-electron chi connectivity index (χ1n) is 12.8. The van der Waals surface area contributed by atoms with Crippen LogP contribution in [-0.4, -0.2) is 84.3 Å². The number of carbonyl (C=O) groups is 2. The molecule has 5 rings (SSSR count). The summed E-state index contributed by atoms with van der Waals surface area (Å²) >= 11 is 0. The van der Waals surface area contributed by atoms with Gasteiger partial charge in [0.1, 0.15) is 0 Å². The van der Waals surface area contributed by atoms with Crippen molar-refractivity contribution in [1.29, 1.82) is 0 Å². The van der Waals surface area contributed by atoms with Gasteiger partial charge in [0.05, 0.1) is 6.61 Å². The van der Waals surface area contributed by atoms with Crippen molar-refractivity contribution in [3.05, 3.63) is 0 Å². The fraction of sp³-hybridized carbons (Fsp3) is 0.917. The second-order valence-corrected chi connectivity index (χ2v) is 10.8. The Morgan fingerprint density at radius 1 is 1.00 bits per heavy atom. The smallest absolute Gasteiger partial charge is 0.409 e. The Morgan fingerprint density at radius 2 is 1.77 bits per heavy atom. The summed E-state index contributed by atoms with van der Waals surface area (Å²) in [6, 6.07) is 1.76. The predicted octanol–water partition coefficient (Wildman–Crippen LogP) is 3.44. The zero-order valence-electron chi connectivity index (χ0n) is 19.2. The van der Waals surface area contributed by atoms with E-state index in [0.717, 1.165) is 45.3 Å². The summed E-state index contributed by atoms with van der Waals surface area (Å²) in [4.78, 5) is 31.6. The highest BCUT2D eigenvalue weighted by atomic mass is 16.6. The first-order chi connectivity index (χ1) is 15.1. The van der Waals surface area contributed by atoms with Crippen molar-refractivity contribution in [2.24, 2.45) is 11.3 Å². The second-order valence-electron chi connectivity index (χ2n) is 10.8. The predicted molar refractivity (Wildman–Crippen MR) is 119 cm³/mol. The van der Waals surface area contributed by atoms with Crippen LogP contribution in [-0.2, 0) is 4.74 Å². The van der Waals surface area contributed by atoms with E-state index in [-0.39, 0.29) is 12.1 Å². The lowest BCUT2D eigenvalue weighted by molar-refractivity contribution is -0.0145. The summed E-state index contributed by atoms with van der Waals surface area (Å²) in [5.41, 5.74) is 0.343. The van der Waals surface area contributed by atoms with Gasteiger partial charge in [-0.15, -0.1) is 0 Å². The Bertz CT molecular complexity index is 668. The molecule has 0 aromatic rings. The van der Waals surface area contributed by atoms with Crippen LogP contribution in [0, 0.1) is 11.3 Å². The molecule has 3 aliphatic heterocycles. The molecule has 7 nitrogen and oxygen atoms in total. The van der Waals surface area contributed by atoms with Gasteiger partial charge >= 0.3 is 12.1 Å². The van der Waals surface area contributed by atoms with Gasteiger partial charge in [0.2, 0.25) is 0 Å². The third kappa shape index (κ3) is 4.27. The largest absolute Gasteiger partial charge is 0.450 e. The van der Waals surface area contributed by atoms with E-state index in [2.05, 4.69) is 15.1 Å². The minimum Gasteiger partial charge on any atom is -0.450 e. The number of nitrogens with one attached hydrogen (secondary N) is 1. The molecular formula is C24H40N4O3. The maximum absolute atomic E-state index is 12.8. The molecule has 1 atom stereocenters. The number of hydrogen-bond donors (Lipinski definition) is 1. The number of hydrogen-bond acceptors (Lipinski definition) is 4. The van der Waals surface area contributed by atoms with Crippen molar-refractivity contribution < 1.29 is 14.3 Å². The molecule has 0 bridgehead atoms. The third-order valence-corrected chi connectivity index (χ3v) is 8.93. The van der Waals surface area contributed by atoms with Gasteiger partial charge < -0.3 is 24.8 Å². The monoisotopic (exact) mass is 432 g/mol. The highest BCUT2D eigenvalue weighted by molar-refractivity contribution is 5.75. The van der Waals surface area contributed by atoms with Gasteiger partial charge in [-0.25, -0.2) is 9.59 Å². The first-order valence-corrected chi connectivity index (χ1v) is 12.8. The summed E-state index contributed by atoms with van der Waals surface area (Å²) in [7, 11) is 0. The van der Waals surface area contributed by atoms with Crippen molar-refractivity contribution in [2.75, 3.05) is 39.3 Å². The molecule has 1 N–H and O–H groups in total. The van der Waals surface area contributed by atoms with Crippen LogP contribution in [0.4, 0.5) is 9.59 Å². The van der Waals surface area contributed by atoms with Gasteiger partial charge in [0.25, 0.3) is 0 Å². The van der Waals surface area contributed by atoms with Crippen LogP contribution in [0.2, 0.25) is 0 Å². The maximum atomic E-state index is 12.8. The zero-order chi connectivity index (χ0) is 21.4. The molecule has 3 saturated heterocycles. The van der Waals surface area contributed by atoms with Crippen LogP contribution < -0.4 is 5.32 Å². The molecule has 0 aromatic heterocycles. The molecule has 31 heavy (non-hydrogen) atoms. The molecule has 5 aliphatic rings. The SMILES string of the molecule is CCOC(=O)N1CCC2(CC(N3CCC([C@@H]4CCCN4C(=O)NC4CCC4)CC3)C2)C1. The lowest BCUT2D eigenvalue weighted by atomic mass is 9.64. The average Bonchev–Trinajstić information content (AvgIpc) is 3.37. The lowest BCUT2D eigenvalue weighted by Crippen LogP contribution is -2.56. The fourth-order valence-corrected chi connectivity index (χ4v) is 6.85. The molecular weight excluding hydrogens is 392 g/mol. The minimum atomic E-state index is -0.133. The van der Waals surface area contributed by atoms with Crippen molar-refractivity contribution in [3.63, 3.8) is 0 Å². The molecule has 0 unspecified atom stereocenters. The normalized spacial score (nSPS) is 34.6. The summed E-state index contributed by atoms with van der Waals surface area (Å²) in [5.74, 6) is 0.658. The average molecular weight is 433 g/mol. The van der Waals surface area contributed by atoms with Crippen molar-refractivity contribution >= 4 is 12.1 Å². The number of carbonyl (C=O) groups excluding carboxylic acids is 2. The van der Waals surface area contributed by atoms with Crippen LogP contribution in [0.15, 0.2) is 0 Å². The van der Waals surface area contributed by atoms with E-state index in [0.29, 0.717) is 36.1 Å². The number of nitrogens with zero attached hydrogens (tertiary/aromatic N) is 3. The van der Waals surface area contributed by atoms with E-state index in [1.54, 1.807) is 0 Å². The Hall–Kier alpha value is -1.50. The van der Waals surface area contributed by atoms with Gasteiger partial charge in [-0.05, 0) is 95.6 Å². The van der Waals surface area contributed by atoms with Crippen molar-refractivity contribution in [3.8, 4) is 0 Å². The number of rotatable bonds is 4. The second kappa shape index (κ2) is 8.80. The minimum absolute atomic E-state index is 0.133. The quantitative estimate of drug-likeness (QED) is 0.739. The zero-order valence-corrected chi connectivity index (χ0v) is 19.2. The number of urea groups is 1. The van der Waals surface area contributed by atoms with Gasteiger partial charge in [-0.2, -0.15) is 0 Å². The summed E-state index contributed by atoms with van der Waals surface area (Å²) < 4.78 is 5.19. The van der Waals surface area contributed by atoms with Crippen LogP contribution in [0.5, 0.6) is 0 Å². The Kier molecular flexibility index (Phi) is 6.06. The van der Waals surface area contributed by atoms with E-state index in [1.165, 1.54) is 51.6 Å². The molecule has 174 valence electrons. The summed E-state index contributed by atoms with van der Waals surface area (Å²) in [6.07, 6.45) is 11.8. The maximum Gasteiger partial charge on any atom is 0.409 e. The van der Waals surface area contributed by atoms with Gasteiger partial charge in [-0.3, -0.25) is 0 Å². The summed E-state index contributed by atoms with van der Waals surface area (Å²) in [6.45, 7) is 7.34. The lowest BCUT2D eigenvalue weighted by Gasteiger charge is -2.52. The van der Waals surface area contributed by atoms with Gasteiger partial charge in [0, 0.05) is 37.8 Å². The van der Waals surface area contributed by atoms with E-state index < -0.39 is 0 Å². The number of likely N-dealkylation sites (tertiary alicyclic amines) is 3. The van der Waals surface area contributed by atoms with E-state index >= 15 is 0 Å².